The van der Waals surface area contributed by atoms with E-state index >= 15 is 0 Å². The van der Waals surface area contributed by atoms with Crippen molar-refractivity contribution in [2.24, 2.45) is 0 Å². The van der Waals surface area contributed by atoms with Crippen LogP contribution in [-0.2, 0) is 0 Å². The average molecular weight is 224 g/mol. The zero-order valence-electron chi connectivity index (χ0n) is 8.58. The van der Waals surface area contributed by atoms with Gasteiger partial charge in [0.05, 0.1) is 6.26 Å². The molecule has 0 saturated heterocycles. The summed E-state index contributed by atoms with van der Waals surface area (Å²) in [6, 6.07) is 4.57. The van der Waals surface area contributed by atoms with Crippen LogP contribution in [0.15, 0.2) is 34.9 Å². The summed E-state index contributed by atoms with van der Waals surface area (Å²) in [5.74, 6) is -0.797. The van der Waals surface area contributed by atoms with Crippen LogP contribution >= 0.6 is 0 Å². The van der Waals surface area contributed by atoms with Crippen molar-refractivity contribution < 1.29 is 18.3 Å². The van der Waals surface area contributed by atoms with Gasteiger partial charge in [-0.05, 0) is 30.7 Å². The number of hydrogen-bond donors (Lipinski definition) is 1. The molecule has 1 aromatic heterocycles. The SMILES string of the molecule is Cc1cc(C(O)c2cc(F)cc(F)c2)co1. The van der Waals surface area contributed by atoms with Gasteiger partial charge in [0, 0.05) is 11.6 Å². The second-order valence-electron chi connectivity index (χ2n) is 3.60. The first-order chi connectivity index (χ1) is 7.56. The molecule has 16 heavy (non-hydrogen) atoms. The van der Waals surface area contributed by atoms with Crippen molar-refractivity contribution in [1.29, 1.82) is 0 Å². The van der Waals surface area contributed by atoms with Gasteiger partial charge in [-0.25, -0.2) is 8.78 Å². The van der Waals surface area contributed by atoms with Gasteiger partial charge in [0.2, 0.25) is 0 Å². The van der Waals surface area contributed by atoms with Crippen LogP contribution in [0.5, 0.6) is 0 Å². The summed E-state index contributed by atoms with van der Waals surface area (Å²) in [5.41, 5.74) is 0.640. The van der Waals surface area contributed by atoms with Gasteiger partial charge in [-0.15, -0.1) is 0 Å². The maximum Gasteiger partial charge on any atom is 0.126 e. The van der Waals surface area contributed by atoms with Crippen molar-refractivity contribution in [1.82, 2.24) is 0 Å². The van der Waals surface area contributed by atoms with Gasteiger partial charge in [-0.2, -0.15) is 0 Å². The Balaban J connectivity index is 2.37. The summed E-state index contributed by atoms with van der Waals surface area (Å²) in [4.78, 5) is 0. The highest BCUT2D eigenvalue weighted by Crippen LogP contribution is 2.24. The lowest BCUT2D eigenvalue weighted by Crippen LogP contribution is -1.99. The van der Waals surface area contributed by atoms with E-state index in [2.05, 4.69) is 0 Å². The fourth-order valence-electron chi connectivity index (χ4n) is 1.53. The van der Waals surface area contributed by atoms with Crippen molar-refractivity contribution >= 4 is 0 Å². The fraction of sp³-hybridized carbons (Fsp3) is 0.167. The number of hydrogen-bond acceptors (Lipinski definition) is 2. The maximum absolute atomic E-state index is 12.9. The second kappa shape index (κ2) is 4.06. The summed E-state index contributed by atoms with van der Waals surface area (Å²) in [6.07, 6.45) is 0.283. The Hall–Kier alpha value is -1.68. The Kier molecular flexibility index (Phi) is 2.75. The first kappa shape index (κ1) is 10.8. The number of aliphatic hydroxyl groups is 1. The summed E-state index contributed by atoms with van der Waals surface area (Å²) in [5, 5.41) is 9.86. The van der Waals surface area contributed by atoms with Crippen LogP contribution in [0.1, 0.15) is 23.0 Å². The molecule has 2 aromatic rings. The molecular weight excluding hydrogens is 214 g/mol. The Bertz CT molecular complexity index is 485. The third kappa shape index (κ3) is 2.12. The highest BCUT2D eigenvalue weighted by Gasteiger charge is 2.14. The van der Waals surface area contributed by atoms with Gasteiger partial charge < -0.3 is 9.52 Å². The molecule has 0 aliphatic heterocycles. The van der Waals surface area contributed by atoms with Gasteiger partial charge >= 0.3 is 0 Å². The summed E-state index contributed by atoms with van der Waals surface area (Å²) in [7, 11) is 0. The van der Waals surface area contributed by atoms with Gasteiger partial charge in [0.25, 0.3) is 0 Å². The quantitative estimate of drug-likeness (QED) is 0.850. The lowest BCUT2D eigenvalue weighted by atomic mass is 10.0. The molecule has 1 atom stereocenters. The number of halogens is 2. The molecular formula is C12H10F2O2. The van der Waals surface area contributed by atoms with Crippen LogP contribution in [0.3, 0.4) is 0 Å². The molecule has 0 spiro atoms. The first-order valence-corrected chi connectivity index (χ1v) is 4.75. The van der Waals surface area contributed by atoms with Gasteiger partial charge in [0.15, 0.2) is 0 Å². The fourth-order valence-corrected chi connectivity index (χ4v) is 1.53. The standard InChI is InChI=1S/C12H10F2O2/c1-7-2-9(6-16-7)12(15)8-3-10(13)5-11(14)4-8/h2-6,12,15H,1H3. The van der Waals surface area contributed by atoms with E-state index in [1.807, 2.05) is 0 Å². The highest BCUT2D eigenvalue weighted by atomic mass is 19.1. The molecule has 2 rings (SSSR count). The van der Waals surface area contributed by atoms with Crippen molar-refractivity contribution in [2.45, 2.75) is 13.0 Å². The molecule has 0 radical (unpaired) electrons. The van der Waals surface area contributed by atoms with E-state index in [0.717, 1.165) is 18.2 Å². The largest absolute Gasteiger partial charge is 0.469 e. The third-order valence-electron chi connectivity index (χ3n) is 2.27. The molecule has 0 saturated carbocycles. The van der Waals surface area contributed by atoms with Crippen LogP contribution in [0.2, 0.25) is 0 Å². The number of rotatable bonds is 2. The van der Waals surface area contributed by atoms with Crippen LogP contribution in [0, 0.1) is 18.6 Å². The van der Waals surface area contributed by atoms with E-state index in [1.54, 1.807) is 13.0 Å². The number of benzene rings is 1. The highest BCUT2D eigenvalue weighted by molar-refractivity contribution is 5.29. The minimum atomic E-state index is -1.08. The molecule has 1 heterocycles. The van der Waals surface area contributed by atoms with Crippen molar-refractivity contribution in [3.63, 3.8) is 0 Å². The lowest BCUT2D eigenvalue weighted by molar-refractivity contribution is 0.218. The minimum Gasteiger partial charge on any atom is -0.469 e. The maximum atomic E-state index is 12.9. The molecule has 1 aromatic carbocycles. The summed E-state index contributed by atoms with van der Waals surface area (Å²) >= 11 is 0. The molecule has 0 bridgehead atoms. The number of aliphatic hydroxyl groups excluding tert-OH is 1. The minimum absolute atomic E-state index is 0.165. The topological polar surface area (TPSA) is 33.4 Å². The number of furan rings is 1. The van der Waals surface area contributed by atoms with Crippen LogP contribution in [0.25, 0.3) is 0 Å². The van der Waals surface area contributed by atoms with E-state index in [9.17, 15) is 13.9 Å². The van der Waals surface area contributed by atoms with Crippen molar-refractivity contribution in [2.75, 3.05) is 0 Å². The monoisotopic (exact) mass is 224 g/mol. The van der Waals surface area contributed by atoms with Gasteiger partial charge in [-0.3, -0.25) is 0 Å². The van der Waals surface area contributed by atoms with Crippen molar-refractivity contribution in [3.8, 4) is 0 Å². The van der Waals surface area contributed by atoms with Crippen LogP contribution in [0.4, 0.5) is 8.78 Å². The predicted molar refractivity (Wildman–Crippen MR) is 53.9 cm³/mol. The molecule has 4 heteroatoms. The lowest BCUT2D eigenvalue weighted by Gasteiger charge is -2.08. The molecule has 84 valence electrons. The Morgan fingerprint density at radius 2 is 1.69 bits per heavy atom. The Morgan fingerprint density at radius 1 is 1.06 bits per heavy atom. The first-order valence-electron chi connectivity index (χ1n) is 4.75. The second-order valence-corrected chi connectivity index (χ2v) is 3.60. The molecule has 0 aliphatic rings. The summed E-state index contributed by atoms with van der Waals surface area (Å²) < 4.78 is 30.9. The smallest absolute Gasteiger partial charge is 0.126 e. The molecule has 0 aliphatic carbocycles. The van der Waals surface area contributed by atoms with Crippen LogP contribution < -0.4 is 0 Å². The van der Waals surface area contributed by atoms with Gasteiger partial charge in [-0.1, -0.05) is 0 Å². The zero-order valence-corrected chi connectivity index (χ0v) is 8.58. The molecule has 1 unspecified atom stereocenters. The van der Waals surface area contributed by atoms with Crippen molar-refractivity contribution in [3.05, 3.63) is 59.1 Å². The summed E-state index contributed by atoms with van der Waals surface area (Å²) in [6.45, 7) is 1.72. The molecule has 0 amide bonds. The van der Waals surface area contributed by atoms with E-state index in [0.29, 0.717) is 11.3 Å². The number of aryl methyl sites for hydroxylation is 1. The van der Waals surface area contributed by atoms with Gasteiger partial charge in [0.1, 0.15) is 23.5 Å². The molecule has 1 N–H and O–H groups in total. The van der Waals surface area contributed by atoms with E-state index in [-0.39, 0.29) is 5.56 Å². The van der Waals surface area contributed by atoms with Crippen LogP contribution in [-0.4, -0.2) is 5.11 Å². The molecule has 0 fully saturated rings. The Morgan fingerprint density at radius 3 is 2.19 bits per heavy atom. The average Bonchev–Trinajstić information content (AvgIpc) is 2.62. The third-order valence-corrected chi connectivity index (χ3v) is 2.27. The Labute approximate surface area is 91.1 Å². The van der Waals surface area contributed by atoms with E-state index in [1.165, 1.54) is 6.26 Å². The normalized spacial score (nSPS) is 12.8. The van der Waals surface area contributed by atoms with E-state index in [4.69, 9.17) is 4.42 Å². The predicted octanol–water partition coefficient (Wildman–Crippen LogP) is 2.95. The zero-order chi connectivity index (χ0) is 11.7. The molecule has 2 nitrogen and oxygen atoms in total. The van der Waals surface area contributed by atoms with E-state index < -0.39 is 17.7 Å².